The van der Waals surface area contributed by atoms with E-state index in [9.17, 15) is 4.79 Å². The van der Waals surface area contributed by atoms with Crippen LogP contribution in [0.4, 0.5) is 0 Å². The number of amides is 1. The van der Waals surface area contributed by atoms with E-state index in [0.717, 1.165) is 54.7 Å². The molecule has 1 aromatic carbocycles. The number of aromatic nitrogens is 1. The van der Waals surface area contributed by atoms with E-state index in [2.05, 4.69) is 9.88 Å². The van der Waals surface area contributed by atoms with Crippen LogP contribution in [0.5, 0.6) is 0 Å². The van der Waals surface area contributed by atoms with Gasteiger partial charge >= 0.3 is 0 Å². The molecule has 0 bridgehead atoms. The smallest absolute Gasteiger partial charge is 0.227 e. The molecule has 7 heteroatoms. The Kier molecular flexibility index (Phi) is 5.57. The van der Waals surface area contributed by atoms with Crippen molar-refractivity contribution >= 4 is 28.8 Å². The van der Waals surface area contributed by atoms with E-state index in [1.165, 1.54) is 0 Å². The summed E-state index contributed by atoms with van der Waals surface area (Å²) in [6, 6.07) is 11.3. The first kappa shape index (κ1) is 18.2. The summed E-state index contributed by atoms with van der Waals surface area (Å²) >= 11 is 7.55. The minimum Gasteiger partial charge on any atom is -0.463 e. The van der Waals surface area contributed by atoms with E-state index in [1.807, 2.05) is 46.7 Å². The maximum absolute atomic E-state index is 12.5. The highest BCUT2D eigenvalue weighted by atomic mass is 35.5. The molecule has 0 aliphatic carbocycles. The molecule has 0 saturated carbocycles. The number of nitrogens with zero attached hydrogens (tertiary/aromatic N) is 3. The Morgan fingerprint density at radius 3 is 2.63 bits per heavy atom. The molecule has 0 unspecified atom stereocenters. The lowest BCUT2D eigenvalue weighted by atomic mass is 10.1. The van der Waals surface area contributed by atoms with Crippen LogP contribution in [0, 0.1) is 0 Å². The van der Waals surface area contributed by atoms with Gasteiger partial charge in [0.05, 0.1) is 19.2 Å². The Labute approximate surface area is 167 Å². The number of hydrogen-bond acceptors (Lipinski definition) is 5. The number of benzene rings is 1. The van der Waals surface area contributed by atoms with Crippen LogP contribution in [0.25, 0.3) is 11.5 Å². The van der Waals surface area contributed by atoms with Gasteiger partial charge in [0.1, 0.15) is 10.7 Å². The van der Waals surface area contributed by atoms with E-state index in [-0.39, 0.29) is 5.91 Å². The largest absolute Gasteiger partial charge is 0.463 e. The van der Waals surface area contributed by atoms with Crippen LogP contribution >= 0.6 is 22.9 Å². The number of thiazole rings is 1. The van der Waals surface area contributed by atoms with Gasteiger partial charge in [-0.1, -0.05) is 23.7 Å². The van der Waals surface area contributed by atoms with Crippen LogP contribution in [-0.2, 0) is 17.8 Å². The number of halogens is 1. The zero-order valence-electron chi connectivity index (χ0n) is 14.8. The van der Waals surface area contributed by atoms with E-state index >= 15 is 0 Å². The Bertz CT molecular complexity index is 884. The van der Waals surface area contributed by atoms with Crippen molar-refractivity contribution < 1.29 is 9.21 Å². The standard InChI is InChI=1S/C20H20ClN3O2S/c21-16-5-3-15(4-6-16)12-20(25)24-9-7-23(8-10-24)13-19-22-17(14-27-19)18-2-1-11-26-18/h1-6,11,14H,7-10,12-13H2. The molecule has 140 valence electrons. The molecule has 1 aliphatic heterocycles. The minimum absolute atomic E-state index is 0.173. The van der Waals surface area contributed by atoms with Gasteiger partial charge in [0.15, 0.2) is 5.76 Å². The van der Waals surface area contributed by atoms with Gasteiger partial charge in [0.25, 0.3) is 0 Å². The zero-order valence-corrected chi connectivity index (χ0v) is 16.4. The number of hydrogen-bond donors (Lipinski definition) is 0. The van der Waals surface area contributed by atoms with Gasteiger partial charge in [-0.25, -0.2) is 4.98 Å². The predicted octanol–water partition coefficient (Wildman–Crippen LogP) is 3.94. The van der Waals surface area contributed by atoms with E-state index in [1.54, 1.807) is 17.6 Å². The van der Waals surface area contributed by atoms with E-state index in [4.69, 9.17) is 16.0 Å². The second kappa shape index (κ2) is 8.25. The Hall–Kier alpha value is -2.15. The van der Waals surface area contributed by atoms with Crippen molar-refractivity contribution in [1.29, 1.82) is 0 Å². The molecule has 1 amide bonds. The van der Waals surface area contributed by atoms with Crippen LogP contribution in [0.15, 0.2) is 52.5 Å². The molecule has 4 rings (SSSR count). The van der Waals surface area contributed by atoms with Gasteiger partial charge in [-0.2, -0.15) is 0 Å². The summed E-state index contributed by atoms with van der Waals surface area (Å²) in [5.41, 5.74) is 1.89. The van der Waals surface area contributed by atoms with Crippen LogP contribution < -0.4 is 0 Å². The van der Waals surface area contributed by atoms with Gasteiger partial charge in [-0.05, 0) is 29.8 Å². The highest BCUT2D eigenvalue weighted by Crippen LogP contribution is 2.23. The maximum atomic E-state index is 12.5. The summed E-state index contributed by atoms with van der Waals surface area (Å²) in [7, 11) is 0. The quantitative estimate of drug-likeness (QED) is 0.649. The SMILES string of the molecule is O=C(Cc1ccc(Cl)cc1)N1CCN(Cc2nc(-c3ccco3)cs2)CC1. The molecule has 0 spiro atoms. The molecule has 2 aromatic heterocycles. The van der Waals surface area contributed by atoms with Gasteiger partial charge in [-0.15, -0.1) is 11.3 Å². The van der Waals surface area contributed by atoms with Crippen LogP contribution in [0.2, 0.25) is 5.02 Å². The lowest BCUT2D eigenvalue weighted by molar-refractivity contribution is -0.132. The molecule has 3 heterocycles. The van der Waals surface area contributed by atoms with Crippen molar-refractivity contribution in [3.05, 3.63) is 63.6 Å². The zero-order chi connectivity index (χ0) is 18.6. The molecule has 0 radical (unpaired) electrons. The molecular formula is C20H20ClN3O2S. The van der Waals surface area contributed by atoms with E-state index in [0.29, 0.717) is 11.4 Å². The second-order valence-corrected chi connectivity index (χ2v) is 7.94. The van der Waals surface area contributed by atoms with Crippen LogP contribution in [0.1, 0.15) is 10.6 Å². The summed E-state index contributed by atoms with van der Waals surface area (Å²) in [5.74, 6) is 0.974. The third-order valence-electron chi connectivity index (χ3n) is 4.68. The van der Waals surface area contributed by atoms with Crippen molar-refractivity contribution in [2.24, 2.45) is 0 Å². The highest BCUT2D eigenvalue weighted by molar-refractivity contribution is 7.09. The minimum atomic E-state index is 0.173. The molecular weight excluding hydrogens is 382 g/mol. The molecule has 0 N–H and O–H groups in total. The third-order valence-corrected chi connectivity index (χ3v) is 5.76. The van der Waals surface area contributed by atoms with Gasteiger partial charge in [0, 0.05) is 36.6 Å². The molecule has 1 fully saturated rings. The predicted molar refractivity (Wildman–Crippen MR) is 107 cm³/mol. The molecule has 27 heavy (non-hydrogen) atoms. The van der Waals surface area contributed by atoms with Crippen molar-refractivity contribution in [3.8, 4) is 11.5 Å². The number of piperazine rings is 1. The van der Waals surface area contributed by atoms with Crippen molar-refractivity contribution in [3.63, 3.8) is 0 Å². The Morgan fingerprint density at radius 1 is 1.15 bits per heavy atom. The molecule has 5 nitrogen and oxygen atoms in total. The fourth-order valence-corrected chi connectivity index (χ4v) is 4.11. The fourth-order valence-electron chi connectivity index (χ4n) is 3.16. The Morgan fingerprint density at radius 2 is 1.93 bits per heavy atom. The Balaban J connectivity index is 1.27. The summed E-state index contributed by atoms with van der Waals surface area (Å²) in [4.78, 5) is 21.5. The molecule has 1 aliphatic rings. The monoisotopic (exact) mass is 401 g/mol. The normalized spacial score (nSPS) is 15.2. The van der Waals surface area contributed by atoms with Gasteiger partial charge in [-0.3, -0.25) is 9.69 Å². The van der Waals surface area contributed by atoms with Crippen molar-refractivity contribution in [2.75, 3.05) is 26.2 Å². The second-order valence-electron chi connectivity index (χ2n) is 6.56. The highest BCUT2D eigenvalue weighted by Gasteiger charge is 2.22. The average Bonchev–Trinajstić information content (AvgIpc) is 3.36. The topological polar surface area (TPSA) is 49.6 Å². The van der Waals surface area contributed by atoms with Crippen molar-refractivity contribution in [2.45, 2.75) is 13.0 Å². The first-order chi connectivity index (χ1) is 13.2. The number of furan rings is 1. The van der Waals surface area contributed by atoms with Crippen LogP contribution in [0.3, 0.4) is 0 Å². The summed E-state index contributed by atoms with van der Waals surface area (Å²) in [6.45, 7) is 4.04. The van der Waals surface area contributed by atoms with Gasteiger partial charge in [0.2, 0.25) is 5.91 Å². The lowest BCUT2D eigenvalue weighted by Gasteiger charge is -2.34. The fraction of sp³-hybridized carbons (Fsp3) is 0.300. The summed E-state index contributed by atoms with van der Waals surface area (Å²) in [5, 5.41) is 3.79. The third kappa shape index (κ3) is 4.58. The molecule has 1 saturated heterocycles. The number of carbonyl (C=O) groups excluding carboxylic acids is 1. The number of rotatable bonds is 5. The first-order valence-electron chi connectivity index (χ1n) is 8.90. The van der Waals surface area contributed by atoms with Gasteiger partial charge < -0.3 is 9.32 Å². The molecule has 3 aromatic rings. The number of carbonyl (C=O) groups is 1. The van der Waals surface area contributed by atoms with Crippen LogP contribution in [-0.4, -0.2) is 46.9 Å². The average molecular weight is 402 g/mol. The van der Waals surface area contributed by atoms with Crippen molar-refractivity contribution in [1.82, 2.24) is 14.8 Å². The van der Waals surface area contributed by atoms with E-state index < -0.39 is 0 Å². The summed E-state index contributed by atoms with van der Waals surface area (Å²) in [6.07, 6.45) is 2.09. The lowest BCUT2D eigenvalue weighted by Crippen LogP contribution is -2.48. The maximum Gasteiger partial charge on any atom is 0.227 e. The molecule has 0 atom stereocenters. The summed E-state index contributed by atoms with van der Waals surface area (Å²) < 4.78 is 5.40. The first-order valence-corrected chi connectivity index (χ1v) is 10.2.